The molecule has 4 heteroatoms. The van der Waals surface area contributed by atoms with Crippen molar-refractivity contribution in [3.8, 4) is 0 Å². The summed E-state index contributed by atoms with van der Waals surface area (Å²) >= 11 is 0. The van der Waals surface area contributed by atoms with Gasteiger partial charge in [0.1, 0.15) is 0 Å². The minimum atomic E-state index is -0.534. The van der Waals surface area contributed by atoms with Gasteiger partial charge in [0.15, 0.2) is 0 Å². The second-order valence-corrected chi connectivity index (χ2v) is 5.22. The van der Waals surface area contributed by atoms with E-state index in [2.05, 4.69) is 10.6 Å². The second-order valence-electron chi connectivity index (χ2n) is 5.22. The van der Waals surface area contributed by atoms with Crippen molar-refractivity contribution >= 4 is 5.91 Å². The Kier molecular flexibility index (Phi) is 4.93. The van der Waals surface area contributed by atoms with Gasteiger partial charge in [-0.25, -0.2) is 0 Å². The smallest absolute Gasteiger partial charge is 0.237 e. The molecule has 19 heavy (non-hydrogen) atoms. The highest BCUT2D eigenvalue weighted by atomic mass is 16.3. The molecule has 0 bridgehead atoms. The summed E-state index contributed by atoms with van der Waals surface area (Å²) in [7, 11) is 0. The lowest BCUT2D eigenvalue weighted by Crippen LogP contribution is -2.44. The lowest BCUT2D eigenvalue weighted by molar-refractivity contribution is -0.123. The Hall–Kier alpha value is -1.39. The van der Waals surface area contributed by atoms with E-state index in [-0.39, 0.29) is 18.0 Å². The first-order valence-corrected chi connectivity index (χ1v) is 6.93. The summed E-state index contributed by atoms with van der Waals surface area (Å²) in [6, 6.07) is 9.44. The van der Waals surface area contributed by atoms with Gasteiger partial charge in [-0.05, 0) is 38.3 Å². The molecular weight excluding hydrogens is 240 g/mol. The Bertz CT molecular complexity index is 402. The van der Waals surface area contributed by atoms with Gasteiger partial charge in [0.25, 0.3) is 0 Å². The van der Waals surface area contributed by atoms with Gasteiger partial charge in [-0.1, -0.05) is 30.3 Å². The Morgan fingerprint density at radius 2 is 2.21 bits per heavy atom. The molecular formula is C15H22N2O2. The minimum absolute atomic E-state index is 0.0369. The first kappa shape index (κ1) is 14.0. The van der Waals surface area contributed by atoms with Crippen LogP contribution in [0.1, 0.15) is 37.9 Å². The molecule has 0 aromatic heterocycles. The van der Waals surface area contributed by atoms with Crippen LogP contribution in [0.4, 0.5) is 0 Å². The monoisotopic (exact) mass is 262 g/mol. The number of rotatable bonds is 5. The third-order valence-corrected chi connectivity index (χ3v) is 3.53. The Balaban J connectivity index is 1.80. The van der Waals surface area contributed by atoms with E-state index in [1.54, 1.807) is 0 Å². The molecule has 3 atom stereocenters. The average molecular weight is 262 g/mol. The number of hydrogen-bond acceptors (Lipinski definition) is 3. The van der Waals surface area contributed by atoms with E-state index in [9.17, 15) is 9.90 Å². The predicted molar refractivity (Wildman–Crippen MR) is 74.6 cm³/mol. The highest BCUT2D eigenvalue weighted by molar-refractivity contribution is 5.82. The molecule has 3 N–H and O–H groups in total. The van der Waals surface area contributed by atoms with Crippen LogP contribution in [0.2, 0.25) is 0 Å². The van der Waals surface area contributed by atoms with Gasteiger partial charge in [0, 0.05) is 6.04 Å². The molecule has 0 aliphatic carbocycles. The number of carbonyl (C=O) groups excluding carboxylic acids is 1. The van der Waals surface area contributed by atoms with E-state index in [0.29, 0.717) is 6.42 Å². The molecule has 1 fully saturated rings. The van der Waals surface area contributed by atoms with Gasteiger partial charge in [-0.15, -0.1) is 0 Å². The maximum absolute atomic E-state index is 11.9. The number of benzene rings is 1. The van der Waals surface area contributed by atoms with Crippen molar-refractivity contribution in [3.63, 3.8) is 0 Å². The van der Waals surface area contributed by atoms with Gasteiger partial charge < -0.3 is 15.7 Å². The van der Waals surface area contributed by atoms with Crippen LogP contribution in [0.3, 0.4) is 0 Å². The van der Waals surface area contributed by atoms with E-state index >= 15 is 0 Å². The summed E-state index contributed by atoms with van der Waals surface area (Å²) in [5.74, 6) is 0.0465. The SMILES string of the molecule is CC(CC(O)c1ccccc1)NC(=O)C1CCCN1. The summed E-state index contributed by atoms with van der Waals surface area (Å²) in [5, 5.41) is 16.2. The molecule has 2 rings (SSSR count). The standard InChI is InChI=1S/C15H22N2O2/c1-11(17-15(19)13-8-5-9-16-13)10-14(18)12-6-3-2-4-7-12/h2-4,6-7,11,13-14,16,18H,5,8-10H2,1H3,(H,17,19). The largest absolute Gasteiger partial charge is 0.388 e. The number of amides is 1. The van der Waals surface area contributed by atoms with Crippen molar-refractivity contribution < 1.29 is 9.90 Å². The van der Waals surface area contributed by atoms with Gasteiger partial charge in [-0.2, -0.15) is 0 Å². The predicted octanol–water partition coefficient (Wildman–Crippen LogP) is 1.37. The number of aliphatic hydroxyl groups excluding tert-OH is 1. The quantitative estimate of drug-likeness (QED) is 0.751. The minimum Gasteiger partial charge on any atom is -0.388 e. The lowest BCUT2D eigenvalue weighted by Gasteiger charge is -2.20. The Morgan fingerprint density at radius 1 is 1.47 bits per heavy atom. The number of carbonyl (C=O) groups is 1. The maximum atomic E-state index is 11.9. The van der Waals surface area contributed by atoms with E-state index in [4.69, 9.17) is 0 Å². The van der Waals surface area contributed by atoms with Crippen LogP contribution in [-0.2, 0) is 4.79 Å². The molecule has 0 radical (unpaired) electrons. The molecule has 4 nitrogen and oxygen atoms in total. The third-order valence-electron chi connectivity index (χ3n) is 3.53. The fraction of sp³-hybridized carbons (Fsp3) is 0.533. The van der Waals surface area contributed by atoms with Crippen molar-refractivity contribution in [3.05, 3.63) is 35.9 Å². The molecule has 1 aromatic carbocycles. The molecule has 1 saturated heterocycles. The second kappa shape index (κ2) is 6.68. The van der Waals surface area contributed by atoms with Crippen LogP contribution in [0.15, 0.2) is 30.3 Å². The summed E-state index contributed by atoms with van der Waals surface area (Å²) < 4.78 is 0. The van der Waals surface area contributed by atoms with Crippen LogP contribution < -0.4 is 10.6 Å². The van der Waals surface area contributed by atoms with Crippen molar-refractivity contribution in [1.29, 1.82) is 0 Å². The molecule has 1 aromatic rings. The fourth-order valence-electron chi connectivity index (χ4n) is 2.46. The van der Waals surface area contributed by atoms with E-state index < -0.39 is 6.10 Å². The topological polar surface area (TPSA) is 61.4 Å². The summed E-state index contributed by atoms with van der Waals surface area (Å²) in [4.78, 5) is 11.9. The highest BCUT2D eigenvalue weighted by Gasteiger charge is 2.23. The van der Waals surface area contributed by atoms with Gasteiger partial charge in [-0.3, -0.25) is 4.79 Å². The first-order chi connectivity index (χ1) is 9.16. The Labute approximate surface area is 114 Å². The van der Waals surface area contributed by atoms with E-state index in [1.165, 1.54) is 0 Å². The van der Waals surface area contributed by atoms with Gasteiger partial charge in [0.05, 0.1) is 12.1 Å². The third kappa shape index (κ3) is 4.04. The van der Waals surface area contributed by atoms with Crippen molar-refractivity contribution in [2.45, 2.75) is 44.4 Å². The zero-order valence-electron chi connectivity index (χ0n) is 11.3. The summed E-state index contributed by atoms with van der Waals surface area (Å²) in [5.41, 5.74) is 0.891. The van der Waals surface area contributed by atoms with Crippen LogP contribution in [0, 0.1) is 0 Å². The van der Waals surface area contributed by atoms with Gasteiger partial charge in [0.2, 0.25) is 5.91 Å². The summed E-state index contributed by atoms with van der Waals surface area (Å²) in [6.45, 7) is 2.85. The van der Waals surface area contributed by atoms with Gasteiger partial charge >= 0.3 is 0 Å². The molecule has 1 amide bonds. The fourth-order valence-corrected chi connectivity index (χ4v) is 2.46. The zero-order chi connectivity index (χ0) is 13.7. The number of nitrogens with one attached hydrogen (secondary N) is 2. The molecule has 1 heterocycles. The molecule has 3 unspecified atom stereocenters. The molecule has 104 valence electrons. The normalized spacial score (nSPS) is 21.9. The van der Waals surface area contributed by atoms with Crippen molar-refractivity contribution in [2.24, 2.45) is 0 Å². The molecule has 1 aliphatic rings. The van der Waals surface area contributed by atoms with Crippen molar-refractivity contribution in [1.82, 2.24) is 10.6 Å². The maximum Gasteiger partial charge on any atom is 0.237 e. The zero-order valence-corrected chi connectivity index (χ0v) is 11.3. The van der Waals surface area contributed by atoms with Crippen LogP contribution >= 0.6 is 0 Å². The van der Waals surface area contributed by atoms with Crippen LogP contribution in [0.5, 0.6) is 0 Å². The van der Waals surface area contributed by atoms with Crippen LogP contribution in [-0.4, -0.2) is 29.6 Å². The first-order valence-electron chi connectivity index (χ1n) is 6.93. The van der Waals surface area contributed by atoms with E-state index in [0.717, 1.165) is 24.9 Å². The van der Waals surface area contributed by atoms with Crippen LogP contribution in [0.25, 0.3) is 0 Å². The number of hydrogen-bond donors (Lipinski definition) is 3. The molecule has 0 saturated carbocycles. The molecule has 0 spiro atoms. The lowest BCUT2D eigenvalue weighted by atomic mass is 10.0. The Morgan fingerprint density at radius 3 is 2.84 bits per heavy atom. The van der Waals surface area contributed by atoms with E-state index in [1.807, 2.05) is 37.3 Å². The average Bonchev–Trinajstić information content (AvgIpc) is 2.93. The molecule has 1 aliphatic heterocycles. The van der Waals surface area contributed by atoms with Crippen molar-refractivity contribution in [2.75, 3.05) is 6.54 Å². The number of aliphatic hydroxyl groups is 1. The summed E-state index contributed by atoms with van der Waals surface area (Å²) in [6.07, 6.45) is 1.95. The highest BCUT2D eigenvalue weighted by Crippen LogP contribution is 2.17.